The molecule has 0 spiro atoms. The highest BCUT2D eigenvalue weighted by Gasteiger charge is 2.14. The molecule has 0 saturated heterocycles. The van der Waals surface area contributed by atoms with Crippen molar-refractivity contribution in [3.8, 4) is 0 Å². The average Bonchev–Trinajstić information content (AvgIpc) is 2.57. The summed E-state index contributed by atoms with van der Waals surface area (Å²) < 4.78 is 2.40. The highest BCUT2D eigenvalue weighted by Crippen LogP contribution is 2.24. The summed E-state index contributed by atoms with van der Waals surface area (Å²) in [5.41, 5.74) is 3.87. The van der Waals surface area contributed by atoms with Crippen LogP contribution in [0.3, 0.4) is 0 Å². The van der Waals surface area contributed by atoms with Crippen molar-refractivity contribution in [2.75, 3.05) is 0 Å². The number of hydrogen-bond acceptors (Lipinski definition) is 1. The Morgan fingerprint density at radius 2 is 2.21 bits per heavy atom. The molecule has 14 heavy (non-hydrogen) atoms. The first-order chi connectivity index (χ1) is 6.86. The Morgan fingerprint density at radius 3 is 3.14 bits per heavy atom. The van der Waals surface area contributed by atoms with Crippen LogP contribution in [0.5, 0.6) is 0 Å². The average molecular weight is 186 g/mol. The van der Waals surface area contributed by atoms with E-state index in [0.29, 0.717) is 0 Å². The smallest absolute Gasteiger partial charge is 0.109 e. The van der Waals surface area contributed by atoms with E-state index in [1.165, 1.54) is 35.3 Å². The number of rotatable bonds is 0. The Bertz CT molecular complexity index is 482. The van der Waals surface area contributed by atoms with Crippen LogP contribution in [0.1, 0.15) is 24.2 Å². The predicted molar refractivity (Wildman–Crippen MR) is 57.4 cm³/mol. The highest BCUT2D eigenvalue weighted by atomic mass is 15.1. The molecule has 1 aromatic heterocycles. The Hall–Kier alpha value is -1.31. The number of fused-ring (bicyclic) bond motifs is 3. The molecular formula is C12H14N2. The van der Waals surface area contributed by atoms with Gasteiger partial charge >= 0.3 is 0 Å². The maximum atomic E-state index is 4.68. The Labute approximate surface area is 83.6 Å². The summed E-state index contributed by atoms with van der Waals surface area (Å²) in [6, 6.07) is 6.39. The largest absolute Gasteiger partial charge is 0.328 e. The normalized spacial score (nSPS) is 15.8. The van der Waals surface area contributed by atoms with Gasteiger partial charge in [0.05, 0.1) is 11.0 Å². The van der Waals surface area contributed by atoms with Crippen LogP contribution in [-0.2, 0) is 13.0 Å². The lowest BCUT2D eigenvalue weighted by Crippen LogP contribution is -2.10. The minimum absolute atomic E-state index is 1.15. The zero-order chi connectivity index (χ0) is 9.54. The summed E-state index contributed by atoms with van der Waals surface area (Å²) in [5, 5.41) is 0. The molecule has 0 atom stereocenters. The minimum Gasteiger partial charge on any atom is -0.328 e. The summed E-state index contributed by atoms with van der Waals surface area (Å²) in [7, 11) is 0. The molecule has 0 fully saturated rings. The summed E-state index contributed by atoms with van der Waals surface area (Å²) in [6.07, 6.45) is 3.74. The van der Waals surface area contributed by atoms with Gasteiger partial charge in [-0.15, -0.1) is 0 Å². The summed E-state index contributed by atoms with van der Waals surface area (Å²) in [5.74, 6) is 1.28. The van der Waals surface area contributed by atoms with Crippen LogP contribution < -0.4 is 0 Å². The molecule has 1 aliphatic rings. The molecule has 0 unspecified atom stereocenters. The third-order valence-electron chi connectivity index (χ3n) is 3.08. The Morgan fingerprint density at radius 1 is 1.29 bits per heavy atom. The van der Waals surface area contributed by atoms with E-state index >= 15 is 0 Å². The third-order valence-corrected chi connectivity index (χ3v) is 3.08. The van der Waals surface area contributed by atoms with E-state index in [1.807, 2.05) is 0 Å². The first-order valence-electron chi connectivity index (χ1n) is 5.31. The molecule has 0 radical (unpaired) electrons. The minimum atomic E-state index is 1.15. The fourth-order valence-corrected chi connectivity index (χ4v) is 2.40. The molecule has 2 heteroatoms. The van der Waals surface area contributed by atoms with Gasteiger partial charge < -0.3 is 4.57 Å². The second kappa shape index (κ2) is 2.84. The number of nitrogens with zero attached hydrogens (tertiary/aromatic N) is 2. The standard InChI is InChI=1S/C12H14N2/c1-9-5-4-6-10-12(9)14-8-3-2-7-11(14)13-10/h4-6H,2-3,7-8H2,1H3. The van der Waals surface area contributed by atoms with Crippen molar-refractivity contribution in [2.45, 2.75) is 32.7 Å². The molecule has 0 bridgehead atoms. The molecule has 0 aliphatic carbocycles. The zero-order valence-corrected chi connectivity index (χ0v) is 8.45. The molecule has 0 amide bonds. The van der Waals surface area contributed by atoms with E-state index in [-0.39, 0.29) is 0 Å². The van der Waals surface area contributed by atoms with E-state index in [4.69, 9.17) is 0 Å². The Balaban J connectivity index is 2.38. The topological polar surface area (TPSA) is 17.8 Å². The van der Waals surface area contributed by atoms with Crippen molar-refractivity contribution < 1.29 is 0 Å². The number of para-hydroxylation sites is 1. The lowest BCUT2D eigenvalue weighted by Gasteiger charge is -2.14. The number of aromatic nitrogens is 2. The van der Waals surface area contributed by atoms with Crippen LogP contribution >= 0.6 is 0 Å². The van der Waals surface area contributed by atoms with Crippen LogP contribution in [0.2, 0.25) is 0 Å². The third kappa shape index (κ3) is 0.999. The van der Waals surface area contributed by atoms with Gasteiger partial charge in [0.1, 0.15) is 5.82 Å². The molecule has 2 nitrogen and oxygen atoms in total. The van der Waals surface area contributed by atoms with E-state index in [9.17, 15) is 0 Å². The van der Waals surface area contributed by atoms with Crippen molar-refractivity contribution in [3.05, 3.63) is 29.6 Å². The second-order valence-corrected chi connectivity index (χ2v) is 4.08. The zero-order valence-electron chi connectivity index (χ0n) is 8.45. The Kier molecular flexibility index (Phi) is 1.63. The summed E-state index contributed by atoms with van der Waals surface area (Å²) >= 11 is 0. The first-order valence-corrected chi connectivity index (χ1v) is 5.31. The second-order valence-electron chi connectivity index (χ2n) is 4.08. The SMILES string of the molecule is Cc1cccc2nc3n(c12)CCCC3. The molecule has 0 saturated carbocycles. The van der Waals surface area contributed by atoms with Gasteiger partial charge in [-0.05, 0) is 31.4 Å². The summed E-state index contributed by atoms with van der Waals surface area (Å²) in [6.45, 7) is 3.32. The number of benzene rings is 1. The van der Waals surface area contributed by atoms with Crippen molar-refractivity contribution in [1.29, 1.82) is 0 Å². The van der Waals surface area contributed by atoms with Gasteiger partial charge in [-0.1, -0.05) is 12.1 Å². The van der Waals surface area contributed by atoms with Crippen LogP contribution in [-0.4, -0.2) is 9.55 Å². The first kappa shape index (κ1) is 8.04. The van der Waals surface area contributed by atoms with Gasteiger partial charge in [0.15, 0.2) is 0 Å². The molecule has 72 valence electrons. The molecule has 1 aromatic carbocycles. The quantitative estimate of drug-likeness (QED) is 0.618. The van der Waals surface area contributed by atoms with Gasteiger partial charge in [-0.25, -0.2) is 4.98 Å². The van der Waals surface area contributed by atoms with Crippen LogP contribution in [0.15, 0.2) is 18.2 Å². The van der Waals surface area contributed by atoms with Gasteiger partial charge in [0.25, 0.3) is 0 Å². The van der Waals surface area contributed by atoms with Crippen LogP contribution in [0.25, 0.3) is 11.0 Å². The lowest BCUT2D eigenvalue weighted by atomic mass is 10.1. The van der Waals surface area contributed by atoms with Gasteiger partial charge in [-0.2, -0.15) is 0 Å². The number of hydrogen-bond donors (Lipinski definition) is 0. The van der Waals surface area contributed by atoms with Crippen molar-refractivity contribution in [3.63, 3.8) is 0 Å². The molecule has 3 rings (SSSR count). The monoisotopic (exact) mass is 186 g/mol. The van der Waals surface area contributed by atoms with Crippen molar-refractivity contribution in [2.24, 2.45) is 0 Å². The molecular weight excluding hydrogens is 172 g/mol. The fraction of sp³-hybridized carbons (Fsp3) is 0.417. The fourth-order valence-electron chi connectivity index (χ4n) is 2.40. The molecule has 0 N–H and O–H groups in total. The lowest BCUT2D eigenvalue weighted by molar-refractivity contribution is 0.532. The highest BCUT2D eigenvalue weighted by molar-refractivity contribution is 5.79. The van der Waals surface area contributed by atoms with E-state index in [1.54, 1.807) is 0 Å². The van der Waals surface area contributed by atoms with E-state index in [0.717, 1.165) is 13.0 Å². The summed E-state index contributed by atoms with van der Waals surface area (Å²) in [4.78, 5) is 4.68. The van der Waals surface area contributed by atoms with Gasteiger partial charge in [0.2, 0.25) is 0 Å². The van der Waals surface area contributed by atoms with Gasteiger partial charge in [0, 0.05) is 13.0 Å². The van der Waals surface area contributed by atoms with Crippen LogP contribution in [0.4, 0.5) is 0 Å². The van der Waals surface area contributed by atoms with Crippen molar-refractivity contribution >= 4 is 11.0 Å². The number of imidazole rings is 1. The maximum Gasteiger partial charge on any atom is 0.109 e. The molecule has 2 heterocycles. The van der Waals surface area contributed by atoms with Crippen LogP contribution in [0, 0.1) is 6.92 Å². The van der Waals surface area contributed by atoms with Crippen molar-refractivity contribution in [1.82, 2.24) is 9.55 Å². The van der Waals surface area contributed by atoms with E-state index in [2.05, 4.69) is 34.7 Å². The van der Waals surface area contributed by atoms with Gasteiger partial charge in [-0.3, -0.25) is 0 Å². The molecule has 2 aromatic rings. The predicted octanol–water partition coefficient (Wildman–Crippen LogP) is 2.68. The maximum absolute atomic E-state index is 4.68. The number of aryl methyl sites for hydroxylation is 3. The molecule has 1 aliphatic heterocycles. The van der Waals surface area contributed by atoms with E-state index < -0.39 is 0 Å².